The van der Waals surface area contributed by atoms with Crippen molar-refractivity contribution in [3.8, 4) is 0 Å². The van der Waals surface area contributed by atoms with E-state index in [1.165, 1.54) is 116 Å². The summed E-state index contributed by atoms with van der Waals surface area (Å²) in [6, 6.07) is -0.655. The van der Waals surface area contributed by atoms with Gasteiger partial charge in [-0.15, -0.1) is 0 Å². The molecule has 0 aliphatic heterocycles. The van der Waals surface area contributed by atoms with Gasteiger partial charge in [-0.1, -0.05) is 148 Å². The third kappa shape index (κ3) is 27.3. The first-order chi connectivity index (χ1) is 19.5. The van der Waals surface area contributed by atoms with E-state index in [9.17, 15) is 20.1 Å². The second-order valence-corrected chi connectivity index (χ2v) is 12.1. The highest BCUT2D eigenvalue weighted by molar-refractivity contribution is 5.76. The Morgan fingerprint density at radius 3 is 1.45 bits per heavy atom. The summed E-state index contributed by atoms with van der Waals surface area (Å²) in [5.74, 6) is -0.290. The largest absolute Gasteiger partial charge is 0.394 e. The fraction of sp³-hybridized carbons (Fsp3) is 0.914. The van der Waals surface area contributed by atoms with Crippen molar-refractivity contribution in [2.75, 3.05) is 6.61 Å². The Labute approximate surface area is 249 Å². The van der Waals surface area contributed by atoms with E-state index >= 15 is 0 Å². The van der Waals surface area contributed by atoms with Gasteiger partial charge in [-0.2, -0.15) is 0 Å². The third-order valence-corrected chi connectivity index (χ3v) is 8.08. The van der Waals surface area contributed by atoms with Crippen molar-refractivity contribution in [1.82, 2.24) is 5.32 Å². The van der Waals surface area contributed by atoms with Gasteiger partial charge in [0.2, 0.25) is 5.91 Å². The van der Waals surface area contributed by atoms with E-state index in [1.54, 1.807) is 0 Å². The van der Waals surface area contributed by atoms with E-state index in [4.69, 9.17) is 0 Å². The molecule has 0 radical (unpaired) electrons. The van der Waals surface area contributed by atoms with Crippen molar-refractivity contribution in [3.05, 3.63) is 12.2 Å². The van der Waals surface area contributed by atoms with Gasteiger partial charge in [-0.3, -0.25) is 4.79 Å². The molecule has 0 aromatic carbocycles. The summed E-state index contributed by atoms with van der Waals surface area (Å²) < 4.78 is 0. The number of nitrogens with one attached hydrogen (secondary N) is 1. The Morgan fingerprint density at radius 1 is 0.600 bits per heavy atom. The van der Waals surface area contributed by atoms with Gasteiger partial charge in [0.05, 0.1) is 31.3 Å². The summed E-state index contributed by atoms with van der Waals surface area (Å²) in [6.45, 7) is 4.22. The molecule has 3 atom stereocenters. The summed E-state index contributed by atoms with van der Waals surface area (Å²) in [5.41, 5.74) is 0. The Balaban J connectivity index is 3.70. The van der Waals surface area contributed by atoms with Gasteiger partial charge in [0.1, 0.15) is 0 Å². The van der Waals surface area contributed by atoms with Gasteiger partial charge in [0, 0.05) is 0 Å². The molecule has 0 saturated heterocycles. The van der Waals surface area contributed by atoms with Crippen LogP contribution >= 0.6 is 0 Å². The maximum absolute atomic E-state index is 12.3. The van der Waals surface area contributed by atoms with Crippen LogP contribution in [0, 0.1) is 0 Å². The Morgan fingerprint density at radius 2 is 1.00 bits per heavy atom. The van der Waals surface area contributed by atoms with E-state index in [0.717, 1.165) is 32.1 Å². The van der Waals surface area contributed by atoms with Crippen LogP contribution in [0.1, 0.15) is 181 Å². The van der Waals surface area contributed by atoms with Gasteiger partial charge >= 0.3 is 0 Å². The van der Waals surface area contributed by atoms with Crippen molar-refractivity contribution >= 4 is 5.91 Å². The minimum atomic E-state index is -0.745. The zero-order valence-electron chi connectivity index (χ0n) is 26.7. The smallest absolute Gasteiger partial charge is 0.222 e. The van der Waals surface area contributed by atoms with Crippen molar-refractivity contribution in [3.63, 3.8) is 0 Å². The van der Waals surface area contributed by atoms with Gasteiger partial charge in [0.15, 0.2) is 0 Å². The first-order valence-corrected chi connectivity index (χ1v) is 17.5. The molecule has 0 heterocycles. The quantitative estimate of drug-likeness (QED) is 0.0497. The summed E-state index contributed by atoms with van der Waals surface area (Å²) >= 11 is 0. The van der Waals surface area contributed by atoms with Crippen LogP contribution in [0.2, 0.25) is 0 Å². The zero-order valence-corrected chi connectivity index (χ0v) is 26.7. The average Bonchev–Trinajstić information content (AvgIpc) is 2.94. The van der Waals surface area contributed by atoms with Crippen molar-refractivity contribution in [1.29, 1.82) is 0 Å². The second-order valence-electron chi connectivity index (χ2n) is 12.1. The molecule has 0 spiro atoms. The lowest BCUT2D eigenvalue weighted by Crippen LogP contribution is -2.46. The number of aliphatic hydroxyl groups is 3. The number of carbonyl (C=O) groups excluding carboxylic acids is 1. The molecule has 5 heteroatoms. The third-order valence-electron chi connectivity index (χ3n) is 8.08. The van der Waals surface area contributed by atoms with Crippen LogP contribution in [0.4, 0.5) is 0 Å². The molecule has 0 bridgehead atoms. The van der Waals surface area contributed by atoms with Crippen LogP contribution in [-0.4, -0.2) is 46.1 Å². The van der Waals surface area contributed by atoms with E-state index in [-0.39, 0.29) is 18.9 Å². The summed E-state index contributed by atoms with van der Waals surface area (Å²) in [6.07, 6.45) is 33.0. The molecule has 0 saturated carbocycles. The van der Waals surface area contributed by atoms with Crippen LogP contribution in [0.5, 0.6) is 0 Å². The number of carbonyl (C=O) groups is 1. The second kappa shape index (κ2) is 31.0. The van der Waals surface area contributed by atoms with Gasteiger partial charge in [0.25, 0.3) is 0 Å². The Bertz CT molecular complexity index is 554. The Kier molecular flexibility index (Phi) is 30.3. The number of amides is 1. The maximum Gasteiger partial charge on any atom is 0.222 e. The first kappa shape index (κ1) is 39.1. The number of allylic oxidation sites excluding steroid dienone is 2. The molecule has 1 amide bonds. The number of aliphatic hydroxyl groups excluding tert-OH is 3. The minimum Gasteiger partial charge on any atom is -0.394 e. The molecule has 0 aliphatic carbocycles. The monoisotopic (exact) mass is 568 g/mol. The SMILES string of the molecule is CCCCCCCC/C=C\CCCCCCCC(O)CC(=O)NC(CO)C(O)CCCCCCCCCCCC. The molecule has 0 rings (SSSR count). The fourth-order valence-electron chi connectivity index (χ4n) is 5.34. The predicted octanol–water partition coefficient (Wildman–Crippen LogP) is 8.92. The number of hydrogen-bond acceptors (Lipinski definition) is 4. The van der Waals surface area contributed by atoms with E-state index in [0.29, 0.717) is 12.8 Å². The van der Waals surface area contributed by atoms with Gasteiger partial charge in [-0.25, -0.2) is 0 Å². The number of unbranched alkanes of at least 4 members (excludes halogenated alkanes) is 20. The molecule has 0 aromatic heterocycles. The van der Waals surface area contributed by atoms with Crippen molar-refractivity contribution in [2.24, 2.45) is 0 Å². The lowest BCUT2D eigenvalue weighted by atomic mass is 10.0. The van der Waals surface area contributed by atoms with E-state index in [2.05, 4.69) is 31.3 Å². The number of rotatable bonds is 31. The molecule has 3 unspecified atom stereocenters. The van der Waals surface area contributed by atoms with Crippen molar-refractivity contribution in [2.45, 2.75) is 199 Å². The van der Waals surface area contributed by atoms with Crippen LogP contribution in [0.3, 0.4) is 0 Å². The Hall–Kier alpha value is -0.910. The number of hydrogen-bond donors (Lipinski definition) is 4. The molecule has 5 nitrogen and oxygen atoms in total. The minimum absolute atomic E-state index is 0.0326. The molecule has 40 heavy (non-hydrogen) atoms. The van der Waals surface area contributed by atoms with Crippen LogP contribution in [0.25, 0.3) is 0 Å². The molecule has 4 N–H and O–H groups in total. The summed E-state index contributed by atoms with van der Waals surface area (Å²) in [4.78, 5) is 12.3. The van der Waals surface area contributed by atoms with Crippen LogP contribution in [0.15, 0.2) is 12.2 Å². The highest BCUT2D eigenvalue weighted by Gasteiger charge is 2.21. The molecule has 0 fully saturated rings. The van der Waals surface area contributed by atoms with Gasteiger partial charge in [-0.05, 0) is 38.5 Å². The molecular weight excluding hydrogens is 498 g/mol. The zero-order chi connectivity index (χ0) is 29.5. The molecule has 238 valence electrons. The van der Waals surface area contributed by atoms with Crippen LogP contribution < -0.4 is 5.32 Å². The first-order valence-electron chi connectivity index (χ1n) is 17.5. The maximum atomic E-state index is 12.3. The topological polar surface area (TPSA) is 89.8 Å². The fourth-order valence-corrected chi connectivity index (χ4v) is 5.34. The molecule has 0 aliphatic rings. The highest BCUT2D eigenvalue weighted by atomic mass is 16.3. The predicted molar refractivity (Wildman–Crippen MR) is 172 cm³/mol. The lowest BCUT2D eigenvalue weighted by Gasteiger charge is -2.23. The summed E-state index contributed by atoms with van der Waals surface area (Å²) in [5, 5.41) is 33.1. The van der Waals surface area contributed by atoms with Crippen molar-refractivity contribution < 1.29 is 20.1 Å². The normalized spacial score (nSPS) is 14.0. The molecule has 0 aromatic rings. The molecular formula is C35H69NO4. The van der Waals surface area contributed by atoms with Crippen LogP contribution in [-0.2, 0) is 4.79 Å². The van der Waals surface area contributed by atoms with Gasteiger partial charge < -0.3 is 20.6 Å². The lowest BCUT2D eigenvalue weighted by molar-refractivity contribution is -0.125. The standard InChI is InChI=1S/C35H69NO4/c1-3-5-7-9-11-13-15-16-17-18-19-20-22-24-26-28-32(38)30-35(40)36-33(31-37)34(39)29-27-25-23-21-14-12-10-8-6-4-2/h16-17,32-34,37-39H,3-15,18-31H2,1-2H3,(H,36,40)/b17-16-. The summed E-state index contributed by atoms with van der Waals surface area (Å²) in [7, 11) is 0. The highest BCUT2D eigenvalue weighted by Crippen LogP contribution is 2.14. The van der Waals surface area contributed by atoms with E-state index in [1.807, 2.05) is 0 Å². The average molecular weight is 568 g/mol. The van der Waals surface area contributed by atoms with E-state index < -0.39 is 18.2 Å².